The van der Waals surface area contributed by atoms with Crippen LogP contribution in [-0.2, 0) is 21.2 Å². The highest BCUT2D eigenvalue weighted by Gasteiger charge is 2.30. The Bertz CT molecular complexity index is 1540. The molecule has 0 saturated heterocycles. The van der Waals surface area contributed by atoms with E-state index in [2.05, 4.69) is 10.6 Å². The van der Waals surface area contributed by atoms with E-state index >= 15 is 0 Å². The summed E-state index contributed by atoms with van der Waals surface area (Å²) in [6.45, 7) is 1.92. The van der Waals surface area contributed by atoms with E-state index < -0.39 is 22.0 Å². The molecule has 4 aromatic carbocycles. The number of hydrogen-bond acceptors (Lipinski definition) is 5. The molecule has 206 valence electrons. The van der Waals surface area contributed by atoms with Gasteiger partial charge < -0.3 is 15.4 Å². The smallest absolute Gasteiger partial charge is 0.253 e. The van der Waals surface area contributed by atoms with E-state index in [9.17, 15) is 18.0 Å². The van der Waals surface area contributed by atoms with Gasteiger partial charge in [0, 0.05) is 6.54 Å². The van der Waals surface area contributed by atoms with Gasteiger partial charge in [-0.05, 0) is 67.4 Å². The topological polar surface area (TPSA) is 105 Å². The van der Waals surface area contributed by atoms with Crippen molar-refractivity contribution in [3.8, 4) is 11.5 Å². The number of ether oxygens (including phenoxy) is 1. The van der Waals surface area contributed by atoms with Crippen molar-refractivity contribution < 1.29 is 22.7 Å². The minimum Gasteiger partial charge on any atom is -0.457 e. The molecule has 8 nitrogen and oxygen atoms in total. The molecular weight excluding hydrogens is 526 g/mol. The van der Waals surface area contributed by atoms with Gasteiger partial charge in [0.2, 0.25) is 15.9 Å². The lowest BCUT2D eigenvalue weighted by Crippen LogP contribution is -2.45. The summed E-state index contributed by atoms with van der Waals surface area (Å²) >= 11 is 0. The van der Waals surface area contributed by atoms with Crippen molar-refractivity contribution in [3.63, 3.8) is 0 Å². The van der Waals surface area contributed by atoms with E-state index in [1.54, 1.807) is 48.5 Å². The van der Waals surface area contributed by atoms with Gasteiger partial charge in [0.1, 0.15) is 17.5 Å². The fourth-order valence-electron chi connectivity index (χ4n) is 4.18. The minimum absolute atomic E-state index is 0.282. The van der Waals surface area contributed by atoms with Crippen molar-refractivity contribution in [3.05, 3.63) is 120 Å². The summed E-state index contributed by atoms with van der Waals surface area (Å²) < 4.78 is 32.4. The first kappa shape index (κ1) is 28.4. The van der Waals surface area contributed by atoms with Crippen molar-refractivity contribution in [1.82, 2.24) is 5.32 Å². The third-order valence-corrected chi connectivity index (χ3v) is 7.37. The molecule has 0 spiro atoms. The molecule has 0 saturated carbocycles. The second-order valence-corrected chi connectivity index (χ2v) is 11.0. The molecule has 1 atom stereocenters. The van der Waals surface area contributed by atoms with Crippen LogP contribution in [0.3, 0.4) is 0 Å². The quantitative estimate of drug-likeness (QED) is 0.262. The number of carbonyl (C=O) groups is 2. The Hall–Kier alpha value is -4.63. The van der Waals surface area contributed by atoms with Gasteiger partial charge in [0.15, 0.2) is 0 Å². The van der Waals surface area contributed by atoms with Crippen molar-refractivity contribution in [1.29, 1.82) is 0 Å². The summed E-state index contributed by atoms with van der Waals surface area (Å²) in [7, 11) is -3.84. The van der Waals surface area contributed by atoms with Gasteiger partial charge in [-0.3, -0.25) is 13.9 Å². The van der Waals surface area contributed by atoms with E-state index in [0.717, 1.165) is 16.1 Å². The van der Waals surface area contributed by atoms with Crippen molar-refractivity contribution in [2.75, 3.05) is 22.4 Å². The first-order valence-electron chi connectivity index (χ1n) is 12.8. The van der Waals surface area contributed by atoms with Crippen molar-refractivity contribution in [2.24, 2.45) is 0 Å². The van der Waals surface area contributed by atoms with Gasteiger partial charge in [-0.15, -0.1) is 0 Å². The number of benzene rings is 4. The Morgan fingerprint density at radius 2 is 1.38 bits per heavy atom. The first-order valence-corrected chi connectivity index (χ1v) is 14.6. The molecule has 9 heteroatoms. The molecule has 0 aliphatic carbocycles. The molecular formula is C31H31N3O5S. The molecule has 0 aromatic heterocycles. The van der Waals surface area contributed by atoms with Crippen LogP contribution in [0.15, 0.2) is 109 Å². The average Bonchev–Trinajstić information content (AvgIpc) is 2.94. The SMILES string of the molecule is C[C@H](C(=O)Nc1ccccc1C(=O)NCCc1ccccc1)N(c1ccc(Oc2ccccc2)cc1)S(C)(=O)=O. The van der Waals surface area contributed by atoms with Gasteiger partial charge >= 0.3 is 0 Å². The van der Waals surface area contributed by atoms with Gasteiger partial charge in [0.05, 0.1) is 23.2 Å². The molecule has 0 radical (unpaired) electrons. The maximum atomic E-state index is 13.3. The average molecular weight is 558 g/mol. The molecule has 2 N–H and O–H groups in total. The highest BCUT2D eigenvalue weighted by molar-refractivity contribution is 7.92. The number of amides is 2. The van der Waals surface area contributed by atoms with Crippen LogP contribution in [0.2, 0.25) is 0 Å². The van der Waals surface area contributed by atoms with Crippen LogP contribution in [0.25, 0.3) is 0 Å². The zero-order valence-corrected chi connectivity index (χ0v) is 23.1. The van der Waals surface area contributed by atoms with E-state index in [1.165, 1.54) is 6.92 Å². The fraction of sp³-hybridized carbons (Fsp3) is 0.161. The standard InChI is InChI=1S/C31H31N3O5S/c1-23(34(40(2,37)38)25-17-19-27(20-18-25)39-26-13-7-4-8-14-26)30(35)33-29-16-10-9-15-28(29)31(36)32-22-21-24-11-5-3-6-12-24/h3-20,23H,21-22H2,1-2H3,(H,32,36)(H,33,35)/t23-/m1/s1. The summed E-state index contributed by atoms with van der Waals surface area (Å²) in [6, 6.07) is 30.9. The van der Waals surface area contributed by atoms with Crippen LogP contribution in [0.5, 0.6) is 11.5 Å². The third-order valence-electron chi connectivity index (χ3n) is 6.13. The van der Waals surface area contributed by atoms with Gasteiger partial charge in [-0.25, -0.2) is 8.42 Å². The Balaban J connectivity index is 1.46. The third kappa shape index (κ3) is 7.48. The second kappa shape index (κ2) is 12.9. The van der Waals surface area contributed by atoms with Crippen LogP contribution < -0.4 is 19.7 Å². The number of hydrogen-bond donors (Lipinski definition) is 2. The lowest BCUT2D eigenvalue weighted by Gasteiger charge is -2.28. The predicted molar refractivity (Wildman–Crippen MR) is 157 cm³/mol. The predicted octanol–water partition coefficient (Wildman–Crippen LogP) is 5.24. The number of carbonyl (C=O) groups excluding carboxylic acids is 2. The summed E-state index contributed by atoms with van der Waals surface area (Å²) in [6.07, 6.45) is 1.70. The molecule has 0 heterocycles. The van der Waals surface area contributed by atoms with Gasteiger partial charge in [0.25, 0.3) is 5.91 Å². The summed E-state index contributed by atoms with van der Waals surface area (Å²) in [4.78, 5) is 26.2. The molecule has 0 aliphatic heterocycles. The fourth-order valence-corrected chi connectivity index (χ4v) is 5.36. The van der Waals surface area contributed by atoms with Crippen molar-refractivity contribution in [2.45, 2.75) is 19.4 Å². The number of para-hydroxylation sites is 2. The maximum absolute atomic E-state index is 13.3. The minimum atomic E-state index is -3.84. The van der Waals surface area contributed by atoms with Crippen LogP contribution >= 0.6 is 0 Å². The zero-order chi connectivity index (χ0) is 28.5. The monoisotopic (exact) mass is 557 g/mol. The molecule has 4 rings (SSSR count). The number of anilines is 2. The number of nitrogens with zero attached hydrogens (tertiary/aromatic N) is 1. The Morgan fingerprint density at radius 3 is 2.02 bits per heavy atom. The molecule has 0 fully saturated rings. The highest BCUT2D eigenvalue weighted by Crippen LogP contribution is 2.27. The Kier molecular flexibility index (Phi) is 9.19. The first-order chi connectivity index (χ1) is 19.2. The zero-order valence-electron chi connectivity index (χ0n) is 22.3. The van der Waals surface area contributed by atoms with Crippen LogP contribution in [-0.4, -0.2) is 39.1 Å². The largest absolute Gasteiger partial charge is 0.457 e. The number of rotatable bonds is 11. The normalized spacial score (nSPS) is 11.8. The Morgan fingerprint density at radius 1 is 0.800 bits per heavy atom. The molecule has 4 aromatic rings. The van der Waals surface area contributed by atoms with Crippen LogP contribution in [0, 0.1) is 0 Å². The van der Waals surface area contributed by atoms with E-state index in [-0.39, 0.29) is 17.2 Å². The van der Waals surface area contributed by atoms with Gasteiger partial charge in [-0.1, -0.05) is 60.7 Å². The molecule has 0 aliphatic rings. The second-order valence-electron chi connectivity index (χ2n) is 9.17. The maximum Gasteiger partial charge on any atom is 0.253 e. The van der Waals surface area contributed by atoms with E-state index in [0.29, 0.717) is 30.2 Å². The highest BCUT2D eigenvalue weighted by atomic mass is 32.2. The van der Waals surface area contributed by atoms with Crippen molar-refractivity contribution >= 4 is 33.2 Å². The van der Waals surface area contributed by atoms with Crippen LogP contribution in [0.1, 0.15) is 22.8 Å². The molecule has 2 amide bonds. The van der Waals surface area contributed by atoms with Crippen LogP contribution in [0.4, 0.5) is 11.4 Å². The van der Waals surface area contributed by atoms with Gasteiger partial charge in [-0.2, -0.15) is 0 Å². The molecule has 0 unspecified atom stereocenters. The lowest BCUT2D eigenvalue weighted by atomic mass is 10.1. The van der Waals surface area contributed by atoms with E-state index in [1.807, 2.05) is 60.7 Å². The molecule has 40 heavy (non-hydrogen) atoms. The lowest BCUT2D eigenvalue weighted by molar-refractivity contribution is -0.116. The van der Waals surface area contributed by atoms with E-state index in [4.69, 9.17) is 4.74 Å². The summed E-state index contributed by atoms with van der Waals surface area (Å²) in [5.74, 6) is 0.242. The molecule has 0 bridgehead atoms. The number of nitrogens with one attached hydrogen (secondary N) is 2. The summed E-state index contributed by atoms with van der Waals surface area (Å²) in [5, 5.41) is 5.61. The Labute approximate surface area is 234 Å². The number of sulfonamides is 1. The summed E-state index contributed by atoms with van der Waals surface area (Å²) in [5.41, 5.74) is 1.97.